The van der Waals surface area contributed by atoms with Crippen LogP contribution in [0.2, 0.25) is 5.02 Å². The molecule has 0 saturated carbocycles. The zero-order valence-electron chi connectivity index (χ0n) is 11.3. The summed E-state index contributed by atoms with van der Waals surface area (Å²) in [6, 6.07) is 15.3. The number of amidine groups is 1. The molecule has 0 spiro atoms. The summed E-state index contributed by atoms with van der Waals surface area (Å²) in [6.45, 7) is 0. The Labute approximate surface area is 134 Å². The van der Waals surface area contributed by atoms with Crippen LogP contribution in [0.15, 0.2) is 53.5 Å². The lowest BCUT2D eigenvalue weighted by Crippen LogP contribution is -2.47. The zero-order valence-corrected chi connectivity index (χ0v) is 12.9. The lowest BCUT2D eigenvalue weighted by Gasteiger charge is -2.42. The lowest BCUT2D eigenvalue weighted by molar-refractivity contribution is 0.342. The fourth-order valence-corrected chi connectivity index (χ4v) is 3.07. The van der Waals surface area contributed by atoms with Gasteiger partial charge in [0.2, 0.25) is 5.29 Å². The van der Waals surface area contributed by atoms with Gasteiger partial charge in [-0.1, -0.05) is 47.9 Å². The maximum atomic E-state index is 6.29. The molecule has 1 atom stereocenters. The van der Waals surface area contributed by atoms with Gasteiger partial charge < -0.3 is 4.90 Å². The van der Waals surface area contributed by atoms with Crippen molar-refractivity contribution < 1.29 is 0 Å². The predicted molar refractivity (Wildman–Crippen MR) is 88.2 cm³/mol. The van der Waals surface area contributed by atoms with E-state index in [1.165, 1.54) is 0 Å². The van der Waals surface area contributed by atoms with Crippen molar-refractivity contribution in [3.05, 3.63) is 64.7 Å². The molecule has 1 aliphatic rings. The van der Waals surface area contributed by atoms with Gasteiger partial charge in [0.05, 0.1) is 5.69 Å². The van der Waals surface area contributed by atoms with Gasteiger partial charge in [0.1, 0.15) is 0 Å². The van der Waals surface area contributed by atoms with E-state index in [0.29, 0.717) is 10.3 Å². The van der Waals surface area contributed by atoms with Crippen molar-refractivity contribution in [2.24, 2.45) is 4.99 Å². The van der Waals surface area contributed by atoms with Gasteiger partial charge in [-0.3, -0.25) is 0 Å². The highest BCUT2D eigenvalue weighted by atomic mass is 35.5. The fraction of sp³-hybridized carbons (Fsp3) is 0.118. The minimum Gasteiger partial charge on any atom is -0.326 e. The topological polar surface area (TPSA) is 15.6 Å². The number of nitrogens with zero attached hydrogens (tertiary/aromatic N) is 2. The highest BCUT2D eigenvalue weighted by Crippen LogP contribution is 2.44. The van der Waals surface area contributed by atoms with E-state index in [1.807, 2.05) is 49.5 Å². The Morgan fingerprint density at radius 3 is 2.52 bits per heavy atom. The van der Waals surface area contributed by atoms with Crippen LogP contribution in [0.25, 0.3) is 0 Å². The van der Waals surface area contributed by atoms with Crippen LogP contribution in [0.3, 0.4) is 0 Å². The molecule has 104 valence electrons. The van der Waals surface area contributed by atoms with Crippen molar-refractivity contribution in [1.82, 2.24) is 4.90 Å². The summed E-state index contributed by atoms with van der Waals surface area (Å²) in [5, 5.41) is 0.970. The molecule has 4 heteroatoms. The summed E-state index contributed by atoms with van der Waals surface area (Å²) in [5.41, 5.74) is 1.73. The molecule has 2 aromatic carbocycles. The first-order valence-corrected chi connectivity index (χ1v) is 7.16. The average molecular weight is 315 g/mol. The van der Waals surface area contributed by atoms with Crippen LogP contribution in [0, 0.1) is 12.3 Å². The summed E-state index contributed by atoms with van der Waals surface area (Å²) < 4.78 is 0. The SMILES string of the molecule is C#CC1(c2ccccc2)c2cc(Cl)ccc2N=C(Cl)N1C. The predicted octanol–water partition coefficient (Wildman–Crippen LogP) is 4.39. The molecule has 2 aromatic rings. The highest BCUT2D eigenvalue weighted by Gasteiger charge is 2.42. The van der Waals surface area contributed by atoms with Crippen LogP contribution in [-0.2, 0) is 5.54 Å². The number of fused-ring (bicyclic) bond motifs is 1. The number of halogens is 2. The van der Waals surface area contributed by atoms with Gasteiger partial charge in [-0.25, -0.2) is 4.99 Å². The van der Waals surface area contributed by atoms with Gasteiger partial charge in [-0.05, 0) is 35.4 Å². The Balaban J connectivity index is 2.38. The molecule has 2 nitrogen and oxygen atoms in total. The number of benzene rings is 2. The Morgan fingerprint density at radius 1 is 1.14 bits per heavy atom. The van der Waals surface area contributed by atoms with Crippen molar-refractivity contribution in [3.63, 3.8) is 0 Å². The van der Waals surface area contributed by atoms with E-state index in [2.05, 4.69) is 10.9 Å². The number of hydrogen-bond acceptors (Lipinski definition) is 2. The van der Waals surface area contributed by atoms with Crippen molar-refractivity contribution in [2.45, 2.75) is 5.54 Å². The van der Waals surface area contributed by atoms with Crippen LogP contribution in [0.5, 0.6) is 0 Å². The van der Waals surface area contributed by atoms with E-state index in [9.17, 15) is 0 Å². The van der Waals surface area contributed by atoms with Crippen LogP contribution in [0.4, 0.5) is 5.69 Å². The quantitative estimate of drug-likeness (QED) is 0.563. The first-order valence-electron chi connectivity index (χ1n) is 6.41. The van der Waals surface area contributed by atoms with E-state index in [-0.39, 0.29) is 0 Å². The second-order valence-corrected chi connectivity index (χ2v) is 5.60. The first-order chi connectivity index (χ1) is 10.1. The van der Waals surface area contributed by atoms with Crippen molar-refractivity contribution in [1.29, 1.82) is 0 Å². The Bertz CT molecular complexity index is 762. The van der Waals surface area contributed by atoms with E-state index < -0.39 is 5.54 Å². The van der Waals surface area contributed by atoms with Gasteiger partial charge >= 0.3 is 0 Å². The third-order valence-corrected chi connectivity index (χ3v) is 4.31. The van der Waals surface area contributed by atoms with Crippen LogP contribution >= 0.6 is 23.2 Å². The van der Waals surface area contributed by atoms with Crippen LogP contribution in [-0.4, -0.2) is 17.2 Å². The average Bonchev–Trinajstić information content (AvgIpc) is 2.51. The van der Waals surface area contributed by atoms with Gasteiger partial charge in [0, 0.05) is 17.6 Å². The first kappa shape index (κ1) is 14.0. The minimum atomic E-state index is -0.819. The molecule has 0 radical (unpaired) electrons. The summed E-state index contributed by atoms with van der Waals surface area (Å²) >= 11 is 12.5. The molecular formula is C17H12Cl2N2. The molecule has 0 aromatic heterocycles. The maximum Gasteiger partial charge on any atom is 0.200 e. The molecule has 3 rings (SSSR count). The largest absolute Gasteiger partial charge is 0.326 e. The monoisotopic (exact) mass is 314 g/mol. The third-order valence-electron chi connectivity index (χ3n) is 3.74. The molecule has 0 N–H and O–H groups in total. The van der Waals surface area contributed by atoms with Crippen molar-refractivity contribution in [2.75, 3.05) is 7.05 Å². The second-order valence-electron chi connectivity index (χ2n) is 4.82. The van der Waals surface area contributed by atoms with Crippen LogP contribution in [0.1, 0.15) is 11.1 Å². The number of terminal acetylenes is 1. The van der Waals surface area contributed by atoms with Gasteiger partial charge in [0.15, 0.2) is 5.54 Å². The van der Waals surface area contributed by atoms with Gasteiger partial charge in [-0.2, -0.15) is 0 Å². The Hall–Kier alpha value is -1.95. The molecule has 21 heavy (non-hydrogen) atoms. The number of aliphatic imine (C=N–C) groups is 1. The van der Waals surface area contributed by atoms with Gasteiger partial charge in [0.25, 0.3) is 0 Å². The van der Waals surface area contributed by atoms with Gasteiger partial charge in [-0.15, -0.1) is 6.42 Å². The van der Waals surface area contributed by atoms with E-state index in [4.69, 9.17) is 29.6 Å². The molecule has 1 aliphatic heterocycles. The normalized spacial score (nSPS) is 20.5. The van der Waals surface area contributed by atoms with E-state index in [1.54, 1.807) is 11.0 Å². The molecule has 0 fully saturated rings. The highest BCUT2D eigenvalue weighted by molar-refractivity contribution is 6.65. The van der Waals surface area contributed by atoms with Crippen LogP contribution < -0.4 is 0 Å². The summed E-state index contributed by atoms with van der Waals surface area (Å²) in [6.07, 6.45) is 5.94. The summed E-state index contributed by atoms with van der Waals surface area (Å²) in [7, 11) is 1.84. The molecule has 0 aliphatic carbocycles. The Kier molecular flexibility index (Phi) is 3.41. The summed E-state index contributed by atoms with van der Waals surface area (Å²) in [5.74, 6) is 2.90. The number of rotatable bonds is 1. The molecule has 0 bridgehead atoms. The molecule has 1 heterocycles. The maximum absolute atomic E-state index is 6.29. The summed E-state index contributed by atoms with van der Waals surface area (Å²) in [4.78, 5) is 6.18. The van der Waals surface area contributed by atoms with E-state index >= 15 is 0 Å². The van der Waals surface area contributed by atoms with Crippen molar-refractivity contribution >= 4 is 34.2 Å². The molecular weight excluding hydrogens is 303 g/mol. The molecule has 0 saturated heterocycles. The lowest BCUT2D eigenvalue weighted by atomic mass is 9.80. The fourth-order valence-electron chi connectivity index (χ4n) is 2.68. The molecule has 0 amide bonds. The number of hydrogen-bond donors (Lipinski definition) is 0. The Morgan fingerprint density at radius 2 is 1.86 bits per heavy atom. The third kappa shape index (κ3) is 2.01. The van der Waals surface area contributed by atoms with E-state index in [0.717, 1.165) is 16.8 Å². The smallest absolute Gasteiger partial charge is 0.200 e. The molecule has 1 unspecified atom stereocenters. The standard InChI is InChI=1S/C17H12Cl2N2/c1-3-17(12-7-5-4-6-8-12)14-11-13(18)9-10-15(14)20-16(19)21(17)2/h1,4-11H,2H3. The second kappa shape index (κ2) is 5.11. The van der Waals surface area contributed by atoms with Crippen molar-refractivity contribution in [3.8, 4) is 12.3 Å². The minimum absolute atomic E-state index is 0.353. The zero-order chi connectivity index (χ0) is 15.0.